The van der Waals surface area contributed by atoms with E-state index in [1.165, 1.54) is 0 Å². The number of nitrogens with zero attached hydrogens (tertiary/aromatic N) is 2. The number of pyridine rings is 1. The predicted molar refractivity (Wildman–Crippen MR) is 54.4 cm³/mol. The lowest BCUT2D eigenvalue weighted by atomic mass is 10.0. The van der Waals surface area contributed by atoms with E-state index in [0.717, 1.165) is 11.1 Å². The summed E-state index contributed by atoms with van der Waals surface area (Å²) in [5.74, 6) is 0.187. The summed E-state index contributed by atoms with van der Waals surface area (Å²) in [5, 5.41) is 4.09. The highest BCUT2D eigenvalue weighted by Crippen LogP contribution is 2.14. The molecule has 0 spiro atoms. The Balaban J connectivity index is 2.62. The molecule has 0 radical (unpaired) electrons. The Labute approximate surface area is 82.4 Å². The van der Waals surface area contributed by atoms with Gasteiger partial charge in [0.1, 0.15) is 0 Å². The van der Waals surface area contributed by atoms with Gasteiger partial charge in [-0.3, -0.25) is 4.79 Å². The summed E-state index contributed by atoms with van der Waals surface area (Å²) in [5.41, 5.74) is 1.63. The quantitative estimate of drug-likeness (QED) is 0.677. The largest absolute Gasteiger partial charge is 0.294 e. The first-order valence-electron chi connectivity index (χ1n) is 4.66. The van der Waals surface area contributed by atoms with Crippen LogP contribution in [-0.2, 0) is 0 Å². The zero-order valence-corrected chi connectivity index (χ0v) is 8.27. The van der Waals surface area contributed by atoms with Gasteiger partial charge < -0.3 is 0 Å². The van der Waals surface area contributed by atoms with Gasteiger partial charge in [0, 0.05) is 17.7 Å². The average Bonchev–Trinajstić information content (AvgIpc) is 2.63. The number of fused-ring (bicyclic) bond motifs is 1. The molecule has 72 valence electrons. The molecule has 0 unspecified atom stereocenters. The second-order valence-electron chi connectivity index (χ2n) is 3.60. The van der Waals surface area contributed by atoms with Crippen molar-refractivity contribution < 1.29 is 4.79 Å². The molecule has 3 nitrogen and oxygen atoms in total. The van der Waals surface area contributed by atoms with E-state index in [1.807, 2.05) is 38.2 Å². The maximum absolute atomic E-state index is 11.8. The van der Waals surface area contributed by atoms with Gasteiger partial charge in [-0.1, -0.05) is 13.8 Å². The van der Waals surface area contributed by atoms with Crippen molar-refractivity contribution in [2.24, 2.45) is 5.92 Å². The molecule has 0 atom stereocenters. The standard InChI is InChI=1S/C11H12N2O/c1-8(2)11(14)9-4-3-7-13-10(9)5-6-12-13/h3-8H,1-2H3. The third kappa shape index (κ3) is 1.31. The van der Waals surface area contributed by atoms with Crippen LogP contribution in [0.15, 0.2) is 30.6 Å². The number of aromatic nitrogens is 2. The average molecular weight is 188 g/mol. The summed E-state index contributed by atoms with van der Waals surface area (Å²) in [6.07, 6.45) is 3.54. The topological polar surface area (TPSA) is 34.4 Å². The minimum atomic E-state index is 0.0242. The van der Waals surface area contributed by atoms with Crippen molar-refractivity contribution in [3.63, 3.8) is 0 Å². The smallest absolute Gasteiger partial charge is 0.167 e. The molecular weight excluding hydrogens is 176 g/mol. The summed E-state index contributed by atoms with van der Waals surface area (Å²) in [4.78, 5) is 11.8. The molecule has 14 heavy (non-hydrogen) atoms. The van der Waals surface area contributed by atoms with Gasteiger partial charge >= 0.3 is 0 Å². The number of ketones is 1. The van der Waals surface area contributed by atoms with Crippen LogP contribution in [0.25, 0.3) is 5.52 Å². The fourth-order valence-electron chi connectivity index (χ4n) is 1.47. The van der Waals surface area contributed by atoms with Crippen molar-refractivity contribution in [2.75, 3.05) is 0 Å². The van der Waals surface area contributed by atoms with Crippen molar-refractivity contribution in [2.45, 2.75) is 13.8 Å². The third-order valence-corrected chi connectivity index (χ3v) is 2.23. The molecule has 0 amide bonds. The van der Waals surface area contributed by atoms with Crippen molar-refractivity contribution in [3.8, 4) is 0 Å². The van der Waals surface area contributed by atoms with Gasteiger partial charge in [0.25, 0.3) is 0 Å². The Morgan fingerprint density at radius 2 is 2.21 bits per heavy atom. The summed E-state index contributed by atoms with van der Waals surface area (Å²) < 4.78 is 1.72. The number of carbonyl (C=O) groups is 1. The molecule has 0 saturated carbocycles. The number of hydrogen-bond donors (Lipinski definition) is 0. The van der Waals surface area contributed by atoms with Gasteiger partial charge in [-0.2, -0.15) is 5.10 Å². The number of Topliss-reactive ketones (excluding diaryl/α,β-unsaturated/α-hetero) is 1. The monoisotopic (exact) mass is 188 g/mol. The van der Waals surface area contributed by atoms with Gasteiger partial charge in [0.05, 0.1) is 11.7 Å². The summed E-state index contributed by atoms with van der Waals surface area (Å²) >= 11 is 0. The second kappa shape index (κ2) is 3.25. The minimum absolute atomic E-state index is 0.0242. The fourth-order valence-corrected chi connectivity index (χ4v) is 1.47. The molecule has 0 aliphatic carbocycles. The van der Waals surface area contributed by atoms with Crippen molar-refractivity contribution in [3.05, 3.63) is 36.2 Å². The molecule has 0 saturated heterocycles. The number of hydrogen-bond acceptors (Lipinski definition) is 2. The lowest BCUT2D eigenvalue weighted by Gasteiger charge is -2.05. The number of rotatable bonds is 2. The van der Waals surface area contributed by atoms with Gasteiger partial charge in [0.2, 0.25) is 0 Å². The Morgan fingerprint density at radius 3 is 2.93 bits per heavy atom. The Bertz CT molecular complexity index is 471. The SMILES string of the molecule is CC(C)C(=O)c1cccn2nccc12. The van der Waals surface area contributed by atoms with E-state index < -0.39 is 0 Å². The highest BCUT2D eigenvalue weighted by atomic mass is 16.1. The first-order chi connectivity index (χ1) is 6.70. The van der Waals surface area contributed by atoms with Crippen LogP contribution in [0.5, 0.6) is 0 Å². The Morgan fingerprint density at radius 1 is 1.43 bits per heavy atom. The summed E-state index contributed by atoms with van der Waals surface area (Å²) in [6.45, 7) is 3.81. The van der Waals surface area contributed by atoms with E-state index in [2.05, 4.69) is 5.10 Å². The molecule has 0 fully saturated rings. The van der Waals surface area contributed by atoms with Crippen LogP contribution in [0, 0.1) is 5.92 Å². The van der Waals surface area contributed by atoms with E-state index in [-0.39, 0.29) is 11.7 Å². The Kier molecular flexibility index (Phi) is 2.08. The Hall–Kier alpha value is -1.64. The van der Waals surface area contributed by atoms with E-state index in [0.29, 0.717) is 0 Å². The molecule has 2 aromatic rings. The van der Waals surface area contributed by atoms with Crippen molar-refractivity contribution in [1.82, 2.24) is 9.61 Å². The van der Waals surface area contributed by atoms with E-state index in [1.54, 1.807) is 10.7 Å². The van der Waals surface area contributed by atoms with Gasteiger partial charge in [0.15, 0.2) is 5.78 Å². The van der Waals surface area contributed by atoms with Gasteiger partial charge in [-0.05, 0) is 18.2 Å². The van der Waals surface area contributed by atoms with Crippen LogP contribution < -0.4 is 0 Å². The summed E-state index contributed by atoms with van der Waals surface area (Å²) in [7, 11) is 0. The summed E-state index contributed by atoms with van der Waals surface area (Å²) in [6, 6.07) is 5.55. The fraction of sp³-hybridized carbons (Fsp3) is 0.273. The highest BCUT2D eigenvalue weighted by Gasteiger charge is 2.13. The molecule has 3 heteroatoms. The highest BCUT2D eigenvalue weighted by molar-refractivity contribution is 6.03. The molecule has 0 bridgehead atoms. The van der Waals surface area contributed by atoms with Crippen molar-refractivity contribution in [1.29, 1.82) is 0 Å². The van der Waals surface area contributed by atoms with E-state index >= 15 is 0 Å². The zero-order valence-electron chi connectivity index (χ0n) is 8.27. The first-order valence-corrected chi connectivity index (χ1v) is 4.66. The minimum Gasteiger partial charge on any atom is -0.294 e. The lowest BCUT2D eigenvalue weighted by Crippen LogP contribution is -2.08. The normalized spacial score (nSPS) is 11.1. The van der Waals surface area contributed by atoms with Gasteiger partial charge in [-0.25, -0.2) is 4.52 Å². The molecule has 0 N–H and O–H groups in total. The van der Waals surface area contributed by atoms with E-state index in [4.69, 9.17) is 0 Å². The maximum atomic E-state index is 11.8. The molecule has 0 aliphatic rings. The first kappa shape index (κ1) is 8.94. The zero-order chi connectivity index (χ0) is 10.1. The van der Waals surface area contributed by atoms with Crippen LogP contribution in [0.2, 0.25) is 0 Å². The molecule has 0 aromatic carbocycles. The molecule has 0 aliphatic heterocycles. The molecular formula is C11H12N2O. The van der Waals surface area contributed by atoms with Crippen LogP contribution in [0.4, 0.5) is 0 Å². The van der Waals surface area contributed by atoms with Gasteiger partial charge in [-0.15, -0.1) is 0 Å². The van der Waals surface area contributed by atoms with Crippen molar-refractivity contribution >= 4 is 11.3 Å². The molecule has 2 rings (SSSR count). The van der Waals surface area contributed by atoms with Crippen LogP contribution in [0.3, 0.4) is 0 Å². The predicted octanol–water partition coefficient (Wildman–Crippen LogP) is 2.17. The van der Waals surface area contributed by atoms with E-state index in [9.17, 15) is 4.79 Å². The maximum Gasteiger partial charge on any atom is 0.167 e. The van der Waals surface area contributed by atoms with Crippen LogP contribution in [0.1, 0.15) is 24.2 Å². The molecule has 2 aromatic heterocycles. The number of carbonyl (C=O) groups excluding carboxylic acids is 1. The third-order valence-electron chi connectivity index (χ3n) is 2.23. The lowest BCUT2D eigenvalue weighted by molar-refractivity contribution is 0.0940. The second-order valence-corrected chi connectivity index (χ2v) is 3.60. The van der Waals surface area contributed by atoms with Crippen LogP contribution in [-0.4, -0.2) is 15.4 Å². The van der Waals surface area contributed by atoms with Crippen LogP contribution >= 0.6 is 0 Å². The molecule has 2 heterocycles.